The maximum absolute atomic E-state index is 5.83. The Morgan fingerprint density at radius 3 is 2.94 bits per heavy atom. The maximum Gasteiger partial charge on any atom is 0.125 e. The Balaban J connectivity index is 0.000000514. The smallest absolute Gasteiger partial charge is 0.125 e. The van der Waals surface area contributed by atoms with Crippen molar-refractivity contribution < 1.29 is 4.74 Å². The minimum atomic E-state index is 0.0764. The quantitative estimate of drug-likeness (QED) is 0.777. The van der Waals surface area contributed by atoms with Gasteiger partial charge in [-0.1, -0.05) is 13.8 Å². The molecule has 0 saturated heterocycles. The molecule has 0 N–H and O–H groups in total. The van der Waals surface area contributed by atoms with Crippen molar-refractivity contribution in [3.05, 3.63) is 39.8 Å². The van der Waals surface area contributed by atoms with Crippen molar-refractivity contribution in [1.82, 2.24) is 9.78 Å². The summed E-state index contributed by atoms with van der Waals surface area (Å²) in [4.78, 5) is 1.45. The second kappa shape index (κ2) is 5.47. The average molecular weight is 250 g/mol. The first-order chi connectivity index (χ1) is 8.36. The van der Waals surface area contributed by atoms with E-state index in [1.165, 1.54) is 10.4 Å². The third kappa shape index (κ3) is 2.28. The van der Waals surface area contributed by atoms with Crippen LogP contribution in [0.5, 0.6) is 0 Å². The van der Waals surface area contributed by atoms with Crippen LogP contribution in [-0.4, -0.2) is 16.4 Å². The molecule has 2 aromatic heterocycles. The third-order valence-corrected chi connectivity index (χ3v) is 3.80. The van der Waals surface area contributed by atoms with Gasteiger partial charge in [0.15, 0.2) is 0 Å². The van der Waals surface area contributed by atoms with Gasteiger partial charge in [-0.05, 0) is 17.5 Å². The molecule has 3 rings (SSSR count). The molecule has 1 atom stereocenters. The van der Waals surface area contributed by atoms with Crippen LogP contribution in [0.25, 0.3) is 0 Å². The van der Waals surface area contributed by atoms with E-state index in [1.54, 1.807) is 0 Å². The summed E-state index contributed by atoms with van der Waals surface area (Å²) < 4.78 is 7.72. The Labute approximate surface area is 106 Å². The lowest BCUT2D eigenvalue weighted by Gasteiger charge is -2.23. The number of aryl methyl sites for hydroxylation is 1. The number of thiophene rings is 1. The lowest BCUT2D eigenvalue weighted by molar-refractivity contribution is 0.0659. The average Bonchev–Trinajstić information content (AvgIpc) is 2.99. The summed E-state index contributed by atoms with van der Waals surface area (Å²) in [5.74, 6) is 0. The van der Waals surface area contributed by atoms with Crippen LogP contribution in [0.3, 0.4) is 0 Å². The van der Waals surface area contributed by atoms with Crippen LogP contribution in [0.1, 0.15) is 36.1 Å². The molecule has 0 aliphatic carbocycles. The highest BCUT2D eigenvalue weighted by atomic mass is 32.1. The van der Waals surface area contributed by atoms with Crippen molar-refractivity contribution in [2.24, 2.45) is 7.05 Å². The van der Waals surface area contributed by atoms with Gasteiger partial charge in [-0.15, -0.1) is 11.3 Å². The fraction of sp³-hybridized carbons (Fsp3) is 0.462. The van der Waals surface area contributed by atoms with Gasteiger partial charge >= 0.3 is 0 Å². The molecule has 4 heteroatoms. The van der Waals surface area contributed by atoms with E-state index in [9.17, 15) is 0 Å². The summed E-state index contributed by atoms with van der Waals surface area (Å²) in [6.07, 6.45) is 2.94. The number of nitrogens with zero attached hydrogens (tertiary/aromatic N) is 2. The summed E-state index contributed by atoms with van der Waals surface area (Å²) in [6, 6.07) is 4.19. The fourth-order valence-electron chi connectivity index (χ4n) is 2.03. The second-order valence-corrected chi connectivity index (χ2v) is 4.68. The number of hydrogen-bond acceptors (Lipinski definition) is 3. The van der Waals surface area contributed by atoms with E-state index in [4.69, 9.17) is 4.74 Å². The highest BCUT2D eigenvalue weighted by Crippen LogP contribution is 2.34. The van der Waals surface area contributed by atoms with Gasteiger partial charge in [0.25, 0.3) is 0 Å². The van der Waals surface area contributed by atoms with Gasteiger partial charge in [-0.3, -0.25) is 4.68 Å². The maximum atomic E-state index is 5.83. The van der Waals surface area contributed by atoms with E-state index in [2.05, 4.69) is 16.5 Å². The lowest BCUT2D eigenvalue weighted by Crippen LogP contribution is -2.17. The number of ether oxygens (including phenoxy) is 1. The molecule has 92 valence electrons. The van der Waals surface area contributed by atoms with Gasteiger partial charge < -0.3 is 4.74 Å². The van der Waals surface area contributed by atoms with Gasteiger partial charge in [-0.25, -0.2) is 0 Å². The van der Waals surface area contributed by atoms with Crippen molar-refractivity contribution in [2.45, 2.75) is 26.4 Å². The largest absolute Gasteiger partial charge is 0.367 e. The molecule has 0 radical (unpaired) electrons. The molecule has 3 nitrogen and oxygen atoms in total. The van der Waals surface area contributed by atoms with Crippen LogP contribution in [0.2, 0.25) is 0 Å². The van der Waals surface area contributed by atoms with E-state index in [0.717, 1.165) is 18.7 Å². The Hall–Kier alpha value is -1.13. The lowest BCUT2D eigenvalue weighted by atomic mass is 10.0. The first kappa shape index (κ1) is 12.3. The molecular formula is C13H18N2OS. The molecule has 0 aromatic carbocycles. The SMILES string of the molecule is CC.Cn1nccc1C1OCCc2sccc21. The predicted octanol–water partition coefficient (Wildman–Crippen LogP) is 3.17. The molecule has 0 fully saturated rings. The van der Waals surface area contributed by atoms with Crippen LogP contribution < -0.4 is 0 Å². The Bertz CT molecular complexity index is 475. The molecule has 2 aromatic rings. The molecule has 1 aliphatic heterocycles. The monoisotopic (exact) mass is 250 g/mol. The van der Waals surface area contributed by atoms with E-state index in [1.807, 2.05) is 49.2 Å². The van der Waals surface area contributed by atoms with Crippen molar-refractivity contribution >= 4 is 11.3 Å². The highest BCUT2D eigenvalue weighted by molar-refractivity contribution is 7.10. The third-order valence-electron chi connectivity index (χ3n) is 2.80. The second-order valence-electron chi connectivity index (χ2n) is 3.68. The zero-order valence-corrected chi connectivity index (χ0v) is 11.3. The zero-order valence-electron chi connectivity index (χ0n) is 10.5. The molecule has 0 spiro atoms. The summed E-state index contributed by atoms with van der Waals surface area (Å²) in [5.41, 5.74) is 2.45. The highest BCUT2D eigenvalue weighted by Gasteiger charge is 2.25. The number of fused-ring (bicyclic) bond motifs is 1. The van der Waals surface area contributed by atoms with Crippen LogP contribution in [0.4, 0.5) is 0 Å². The first-order valence-corrected chi connectivity index (χ1v) is 6.90. The molecule has 0 bridgehead atoms. The molecular weight excluding hydrogens is 232 g/mol. The molecule has 0 saturated carbocycles. The van der Waals surface area contributed by atoms with Gasteiger partial charge in [0.05, 0.1) is 12.3 Å². The number of hydrogen-bond donors (Lipinski definition) is 0. The van der Waals surface area contributed by atoms with Gasteiger partial charge in [0, 0.05) is 30.1 Å². The summed E-state index contributed by atoms with van der Waals surface area (Å²) >= 11 is 1.82. The minimum Gasteiger partial charge on any atom is -0.367 e. The van der Waals surface area contributed by atoms with Crippen LogP contribution in [0, 0.1) is 0 Å². The van der Waals surface area contributed by atoms with Crippen LogP contribution in [-0.2, 0) is 18.2 Å². The Kier molecular flexibility index (Phi) is 3.97. The predicted molar refractivity (Wildman–Crippen MR) is 70.4 cm³/mol. The minimum absolute atomic E-state index is 0.0764. The number of aromatic nitrogens is 2. The number of rotatable bonds is 1. The van der Waals surface area contributed by atoms with E-state index >= 15 is 0 Å². The van der Waals surface area contributed by atoms with Crippen molar-refractivity contribution in [1.29, 1.82) is 0 Å². The standard InChI is InChI=1S/C11H12N2OS.C2H6/c1-13-9(2-5-12-13)11-8-4-7-15-10(8)3-6-14-11;1-2/h2,4-5,7,11H,3,6H2,1H3;1-2H3. The van der Waals surface area contributed by atoms with Crippen molar-refractivity contribution in [3.8, 4) is 0 Å². The summed E-state index contributed by atoms with van der Waals surface area (Å²) in [6.45, 7) is 4.81. The molecule has 0 amide bonds. The van der Waals surface area contributed by atoms with Crippen LogP contribution in [0.15, 0.2) is 23.7 Å². The zero-order chi connectivity index (χ0) is 12.3. The van der Waals surface area contributed by atoms with E-state index < -0.39 is 0 Å². The van der Waals surface area contributed by atoms with Gasteiger partial charge in [0.2, 0.25) is 0 Å². The van der Waals surface area contributed by atoms with Crippen molar-refractivity contribution in [3.63, 3.8) is 0 Å². The van der Waals surface area contributed by atoms with E-state index in [-0.39, 0.29) is 6.10 Å². The normalized spacial score (nSPS) is 18.2. The topological polar surface area (TPSA) is 27.1 Å². The fourth-order valence-corrected chi connectivity index (χ4v) is 2.92. The van der Waals surface area contributed by atoms with Gasteiger partial charge in [0.1, 0.15) is 6.10 Å². The molecule has 17 heavy (non-hydrogen) atoms. The molecule has 3 heterocycles. The Morgan fingerprint density at radius 1 is 1.41 bits per heavy atom. The van der Waals surface area contributed by atoms with Crippen molar-refractivity contribution in [2.75, 3.05) is 6.61 Å². The Morgan fingerprint density at radius 2 is 2.24 bits per heavy atom. The molecule has 1 unspecified atom stereocenters. The summed E-state index contributed by atoms with van der Waals surface area (Å²) in [5, 5.41) is 6.33. The first-order valence-electron chi connectivity index (χ1n) is 6.02. The van der Waals surface area contributed by atoms with Gasteiger partial charge in [-0.2, -0.15) is 5.10 Å². The molecule has 1 aliphatic rings. The van der Waals surface area contributed by atoms with E-state index in [0.29, 0.717) is 0 Å². The summed E-state index contributed by atoms with van der Waals surface area (Å²) in [7, 11) is 1.96. The van der Waals surface area contributed by atoms with Crippen LogP contribution >= 0.6 is 11.3 Å².